The van der Waals surface area contributed by atoms with Crippen molar-refractivity contribution in [3.63, 3.8) is 0 Å². The molecule has 0 bridgehead atoms. The summed E-state index contributed by atoms with van der Waals surface area (Å²) in [6.45, 7) is -0.166. The van der Waals surface area contributed by atoms with Crippen molar-refractivity contribution in [3.05, 3.63) is 75.4 Å². The van der Waals surface area contributed by atoms with Gasteiger partial charge in [-0.3, -0.25) is 9.59 Å². The lowest BCUT2D eigenvalue weighted by atomic mass is 9.91. The standard InChI is InChI=1S/C22H19ClN4O3/c23-15-6-1-4-13-14-5-2-7-17(22(14)25-21(13)15)24-19(28)12-27-20(29)10-9-16(26-27)18-8-3-11-30-18/h1,3-4,6,8-11,17,25H,2,5,7,12H2,(H,24,28). The van der Waals surface area contributed by atoms with Crippen molar-refractivity contribution in [2.75, 3.05) is 0 Å². The fraction of sp³-hybridized carbons (Fsp3) is 0.227. The minimum Gasteiger partial charge on any atom is -0.463 e. The van der Waals surface area contributed by atoms with Crippen LogP contribution in [0.25, 0.3) is 22.4 Å². The topological polar surface area (TPSA) is 92.9 Å². The summed E-state index contributed by atoms with van der Waals surface area (Å²) >= 11 is 6.34. The number of rotatable bonds is 4. The summed E-state index contributed by atoms with van der Waals surface area (Å²) in [5.41, 5.74) is 3.23. The summed E-state index contributed by atoms with van der Waals surface area (Å²) in [5, 5.41) is 9.07. The van der Waals surface area contributed by atoms with Gasteiger partial charge >= 0.3 is 0 Å². The van der Waals surface area contributed by atoms with Crippen molar-refractivity contribution in [1.29, 1.82) is 0 Å². The first-order valence-corrected chi connectivity index (χ1v) is 10.2. The summed E-state index contributed by atoms with van der Waals surface area (Å²) < 4.78 is 6.48. The van der Waals surface area contributed by atoms with E-state index in [1.165, 1.54) is 17.9 Å². The molecule has 7 nitrogen and oxygen atoms in total. The summed E-state index contributed by atoms with van der Waals surface area (Å²) in [5.74, 6) is 0.264. The van der Waals surface area contributed by atoms with Gasteiger partial charge in [0.15, 0.2) is 5.76 Å². The fourth-order valence-corrected chi connectivity index (χ4v) is 4.31. The number of para-hydroxylation sites is 1. The lowest BCUT2D eigenvalue weighted by Crippen LogP contribution is -2.36. The molecule has 2 N–H and O–H groups in total. The number of nitrogens with one attached hydrogen (secondary N) is 2. The Bertz CT molecular complexity index is 1290. The van der Waals surface area contributed by atoms with E-state index in [1.807, 2.05) is 18.2 Å². The van der Waals surface area contributed by atoms with Gasteiger partial charge in [0, 0.05) is 17.1 Å². The van der Waals surface area contributed by atoms with Crippen molar-refractivity contribution in [3.8, 4) is 11.5 Å². The molecule has 0 radical (unpaired) electrons. The number of halogens is 1. The van der Waals surface area contributed by atoms with Crippen molar-refractivity contribution in [2.24, 2.45) is 0 Å². The summed E-state index contributed by atoms with van der Waals surface area (Å²) in [7, 11) is 0. The maximum Gasteiger partial charge on any atom is 0.267 e. The third-order valence-corrected chi connectivity index (χ3v) is 5.78. The number of carbonyl (C=O) groups is 1. The number of H-pyrrole nitrogens is 1. The highest BCUT2D eigenvalue weighted by Gasteiger charge is 2.26. The van der Waals surface area contributed by atoms with E-state index < -0.39 is 0 Å². The lowest BCUT2D eigenvalue weighted by Gasteiger charge is -2.24. The Labute approximate surface area is 176 Å². The molecule has 0 spiro atoms. The normalized spacial score (nSPS) is 15.8. The zero-order valence-electron chi connectivity index (χ0n) is 16.0. The minimum atomic E-state index is -0.345. The van der Waals surface area contributed by atoms with Gasteiger partial charge in [-0.15, -0.1) is 0 Å². The van der Waals surface area contributed by atoms with Crippen LogP contribution in [0.3, 0.4) is 0 Å². The molecule has 0 saturated carbocycles. The molecule has 1 aliphatic rings. The van der Waals surface area contributed by atoms with Crippen LogP contribution in [-0.4, -0.2) is 20.7 Å². The second-order valence-electron chi connectivity index (χ2n) is 7.38. The van der Waals surface area contributed by atoms with E-state index in [4.69, 9.17) is 16.0 Å². The molecular weight excluding hydrogens is 404 g/mol. The molecule has 3 aromatic heterocycles. The Hall–Kier alpha value is -3.32. The first-order valence-electron chi connectivity index (χ1n) is 9.80. The quantitative estimate of drug-likeness (QED) is 0.522. The summed E-state index contributed by atoms with van der Waals surface area (Å²) in [6, 6.07) is 12.1. The van der Waals surface area contributed by atoms with Crippen LogP contribution in [0.15, 0.2) is 57.9 Å². The number of aryl methyl sites for hydroxylation is 1. The van der Waals surface area contributed by atoms with Crippen LogP contribution in [-0.2, 0) is 17.8 Å². The zero-order chi connectivity index (χ0) is 20.7. The molecule has 0 aliphatic heterocycles. The molecule has 152 valence electrons. The predicted molar refractivity (Wildman–Crippen MR) is 113 cm³/mol. The van der Waals surface area contributed by atoms with E-state index in [-0.39, 0.29) is 24.1 Å². The van der Waals surface area contributed by atoms with Crippen LogP contribution in [0.4, 0.5) is 0 Å². The molecule has 3 heterocycles. The van der Waals surface area contributed by atoms with Crippen LogP contribution in [0.2, 0.25) is 5.02 Å². The molecule has 5 rings (SSSR count). The third-order valence-electron chi connectivity index (χ3n) is 5.46. The predicted octanol–water partition coefficient (Wildman–Crippen LogP) is 3.83. The molecule has 0 saturated heterocycles. The van der Waals surface area contributed by atoms with E-state index in [9.17, 15) is 9.59 Å². The SMILES string of the molecule is O=C(Cn1nc(-c2ccco2)ccc1=O)NC1CCCc2c1[nH]c1c(Cl)cccc21. The van der Waals surface area contributed by atoms with Crippen molar-refractivity contribution in [1.82, 2.24) is 20.1 Å². The van der Waals surface area contributed by atoms with Gasteiger partial charge in [0.1, 0.15) is 12.2 Å². The van der Waals surface area contributed by atoms with Gasteiger partial charge in [0.25, 0.3) is 5.56 Å². The number of hydrogen-bond donors (Lipinski definition) is 2. The van der Waals surface area contributed by atoms with Gasteiger partial charge in [0.05, 0.1) is 22.8 Å². The highest BCUT2D eigenvalue weighted by Crippen LogP contribution is 2.36. The van der Waals surface area contributed by atoms with Crippen molar-refractivity contribution < 1.29 is 9.21 Å². The number of aromatic nitrogens is 3. The average Bonchev–Trinajstić information content (AvgIpc) is 3.39. The number of nitrogens with zero attached hydrogens (tertiary/aromatic N) is 2. The number of furan rings is 1. The fourth-order valence-electron chi connectivity index (χ4n) is 4.09. The first kappa shape index (κ1) is 18.7. The van der Waals surface area contributed by atoms with Crippen LogP contribution >= 0.6 is 11.6 Å². The monoisotopic (exact) mass is 422 g/mol. The molecule has 1 atom stereocenters. The van der Waals surface area contributed by atoms with Gasteiger partial charge in [-0.05, 0) is 49.1 Å². The van der Waals surface area contributed by atoms with Crippen LogP contribution in [0, 0.1) is 0 Å². The Kier molecular flexibility index (Phi) is 4.67. The van der Waals surface area contributed by atoms with Crippen molar-refractivity contribution in [2.45, 2.75) is 31.8 Å². The van der Waals surface area contributed by atoms with Gasteiger partial charge in [-0.25, -0.2) is 4.68 Å². The van der Waals surface area contributed by atoms with E-state index in [0.717, 1.165) is 40.5 Å². The minimum absolute atomic E-state index is 0.159. The zero-order valence-corrected chi connectivity index (χ0v) is 16.8. The molecule has 8 heteroatoms. The smallest absolute Gasteiger partial charge is 0.267 e. The second-order valence-corrected chi connectivity index (χ2v) is 7.79. The maximum absolute atomic E-state index is 12.7. The number of hydrogen-bond acceptors (Lipinski definition) is 4. The Morgan fingerprint density at radius 3 is 3.00 bits per heavy atom. The van der Waals surface area contributed by atoms with Gasteiger partial charge in [-0.1, -0.05) is 23.7 Å². The molecule has 1 aromatic carbocycles. The van der Waals surface area contributed by atoms with E-state index >= 15 is 0 Å². The number of fused-ring (bicyclic) bond motifs is 3. The number of amides is 1. The van der Waals surface area contributed by atoms with E-state index in [1.54, 1.807) is 18.2 Å². The molecule has 1 amide bonds. The second kappa shape index (κ2) is 7.50. The highest BCUT2D eigenvalue weighted by atomic mass is 35.5. The third kappa shape index (κ3) is 3.31. The van der Waals surface area contributed by atoms with Crippen LogP contribution < -0.4 is 10.9 Å². The number of carbonyl (C=O) groups excluding carboxylic acids is 1. The number of aromatic amines is 1. The molecule has 4 aromatic rings. The largest absolute Gasteiger partial charge is 0.463 e. The molecule has 1 unspecified atom stereocenters. The molecule has 1 aliphatic carbocycles. The Balaban J connectivity index is 1.39. The number of benzene rings is 1. The lowest BCUT2D eigenvalue weighted by molar-refractivity contribution is -0.122. The first-order chi connectivity index (χ1) is 14.6. The average molecular weight is 423 g/mol. The highest BCUT2D eigenvalue weighted by molar-refractivity contribution is 6.35. The van der Waals surface area contributed by atoms with Crippen LogP contribution in [0.5, 0.6) is 0 Å². The van der Waals surface area contributed by atoms with Crippen LogP contribution in [0.1, 0.15) is 30.1 Å². The Morgan fingerprint density at radius 2 is 2.17 bits per heavy atom. The maximum atomic E-state index is 12.7. The van der Waals surface area contributed by atoms with E-state index in [0.29, 0.717) is 16.5 Å². The summed E-state index contributed by atoms with van der Waals surface area (Å²) in [4.78, 5) is 28.3. The molecule has 0 fully saturated rings. The summed E-state index contributed by atoms with van der Waals surface area (Å²) in [6.07, 6.45) is 4.25. The van der Waals surface area contributed by atoms with Gasteiger partial charge in [0.2, 0.25) is 5.91 Å². The van der Waals surface area contributed by atoms with Crippen molar-refractivity contribution >= 4 is 28.4 Å². The molecular formula is C22H19ClN4O3. The Morgan fingerprint density at radius 1 is 1.27 bits per heavy atom. The van der Waals surface area contributed by atoms with E-state index in [2.05, 4.69) is 15.4 Å². The molecule has 30 heavy (non-hydrogen) atoms. The van der Waals surface area contributed by atoms with Gasteiger partial charge in [-0.2, -0.15) is 5.10 Å². The van der Waals surface area contributed by atoms with Gasteiger partial charge < -0.3 is 14.7 Å².